The van der Waals surface area contributed by atoms with E-state index in [1.165, 1.54) is 30.0 Å². The van der Waals surface area contributed by atoms with Gasteiger partial charge in [-0.3, -0.25) is 0 Å². The molecule has 1 saturated heterocycles. The summed E-state index contributed by atoms with van der Waals surface area (Å²) in [7, 11) is 0. The minimum atomic E-state index is 0.290. The summed E-state index contributed by atoms with van der Waals surface area (Å²) in [5.41, 5.74) is 2.97. The number of aromatic nitrogens is 4. The Bertz CT molecular complexity index is 1350. The zero-order chi connectivity index (χ0) is 23.9. The average Bonchev–Trinajstić information content (AvgIpc) is 3.56. The molecule has 178 valence electrons. The number of piperidine rings is 1. The molecule has 2 aliphatic carbocycles. The second-order valence-corrected chi connectivity index (χ2v) is 10.1. The van der Waals surface area contributed by atoms with Crippen molar-refractivity contribution in [2.45, 2.75) is 62.9 Å². The molecule has 2 saturated carbocycles. The van der Waals surface area contributed by atoms with Crippen LogP contribution in [0.2, 0.25) is 5.02 Å². The summed E-state index contributed by atoms with van der Waals surface area (Å²) >= 11 is 6.92. The van der Waals surface area contributed by atoms with E-state index in [-0.39, 0.29) is 5.95 Å². The third-order valence-electron chi connectivity index (χ3n) is 7.43. The molecule has 10 heteroatoms. The molecule has 0 spiro atoms. The predicted octanol–water partition coefficient (Wildman–Crippen LogP) is 4.57. The van der Waals surface area contributed by atoms with Gasteiger partial charge in [-0.1, -0.05) is 18.0 Å². The molecule has 0 atom stereocenters. The number of halogens is 1. The largest absolute Gasteiger partial charge is 0.364 e. The number of benzene rings is 1. The van der Waals surface area contributed by atoms with Gasteiger partial charge in [0.25, 0.3) is 0 Å². The first-order valence-electron chi connectivity index (χ1n) is 12.3. The number of nitrogens with one attached hydrogen (secondary N) is 2. The fourth-order valence-corrected chi connectivity index (χ4v) is 5.39. The van der Waals surface area contributed by atoms with E-state index in [1.807, 2.05) is 6.07 Å². The third kappa shape index (κ3) is 4.27. The first-order valence-corrected chi connectivity index (χ1v) is 12.7. The Kier molecular flexibility index (Phi) is 5.68. The SMILES string of the molecule is N#Cc1cc(Nc2nc(NC3CC3)c3ncc(C#N)n3n2)c(Cl)c(C2CCN(C3CCC3)CC2)c1. The molecule has 1 aromatic carbocycles. The van der Waals surface area contributed by atoms with Crippen molar-refractivity contribution in [3.05, 3.63) is 40.2 Å². The van der Waals surface area contributed by atoms with E-state index < -0.39 is 0 Å². The minimum Gasteiger partial charge on any atom is -0.364 e. The van der Waals surface area contributed by atoms with Gasteiger partial charge in [0.15, 0.2) is 17.2 Å². The van der Waals surface area contributed by atoms with Gasteiger partial charge in [0, 0.05) is 12.1 Å². The van der Waals surface area contributed by atoms with Gasteiger partial charge < -0.3 is 15.5 Å². The molecule has 0 radical (unpaired) electrons. The van der Waals surface area contributed by atoms with E-state index in [4.69, 9.17) is 11.6 Å². The van der Waals surface area contributed by atoms with Crippen LogP contribution in [0.3, 0.4) is 0 Å². The lowest BCUT2D eigenvalue weighted by atomic mass is 9.84. The molecule has 0 amide bonds. The summed E-state index contributed by atoms with van der Waals surface area (Å²) in [6.07, 6.45) is 9.67. The van der Waals surface area contributed by atoms with Crippen LogP contribution in [-0.4, -0.2) is 49.7 Å². The number of rotatable bonds is 6. The maximum absolute atomic E-state index is 9.71. The zero-order valence-electron chi connectivity index (χ0n) is 19.3. The van der Waals surface area contributed by atoms with Crippen molar-refractivity contribution in [1.29, 1.82) is 10.5 Å². The second kappa shape index (κ2) is 8.99. The highest BCUT2D eigenvalue weighted by molar-refractivity contribution is 6.34. The molecule has 3 heterocycles. The van der Waals surface area contributed by atoms with Gasteiger partial charge in [0.1, 0.15) is 6.07 Å². The Morgan fingerprint density at radius 1 is 1.03 bits per heavy atom. The van der Waals surface area contributed by atoms with Crippen LogP contribution in [-0.2, 0) is 0 Å². The van der Waals surface area contributed by atoms with E-state index in [2.05, 4.69) is 42.7 Å². The van der Waals surface area contributed by atoms with E-state index in [9.17, 15) is 10.5 Å². The molecular formula is C25H26ClN9. The molecule has 2 aromatic heterocycles. The molecule has 3 aromatic rings. The lowest BCUT2D eigenvalue weighted by molar-refractivity contribution is 0.0976. The normalized spacial score (nSPS) is 19.2. The number of hydrogen-bond acceptors (Lipinski definition) is 8. The Labute approximate surface area is 208 Å². The molecule has 3 fully saturated rings. The summed E-state index contributed by atoms with van der Waals surface area (Å²) in [6, 6.07) is 9.15. The monoisotopic (exact) mass is 487 g/mol. The van der Waals surface area contributed by atoms with Crippen LogP contribution in [0.25, 0.3) is 5.65 Å². The standard InChI is InChI=1S/C25H26ClN9/c26-22-20(16-6-8-34(9-7-16)18-2-1-3-18)10-15(12-27)11-21(22)31-25-32-23(30-17-4-5-17)24-29-14-19(13-28)35(24)33-25/h10-11,14,16-18H,1-9H2,(H2,30,31,32,33). The van der Waals surface area contributed by atoms with Crippen LogP contribution in [0.4, 0.5) is 17.5 Å². The van der Waals surface area contributed by atoms with Crippen molar-refractivity contribution in [3.63, 3.8) is 0 Å². The Morgan fingerprint density at radius 2 is 1.83 bits per heavy atom. The lowest BCUT2D eigenvalue weighted by Crippen LogP contribution is -2.44. The number of anilines is 3. The van der Waals surface area contributed by atoms with Crippen LogP contribution in [0.5, 0.6) is 0 Å². The maximum atomic E-state index is 9.71. The van der Waals surface area contributed by atoms with Crippen molar-refractivity contribution >= 4 is 34.7 Å². The van der Waals surface area contributed by atoms with Crippen LogP contribution >= 0.6 is 11.6 Å². The molecule has 0 unspecified atom stereocenters. The molecule has 2 N–H and O–H groups in total. The minimum absolute atomic E-state index is 0.290. The predicted molar refractivity (Wildman–Crippen MR) is 133 cm³/mol. The highest BCUT2D eigenvalue weighted by Gasteiger charge is 2.30. The number of nitrogens with zero attached hydrogens (tertiary/aromatic N) is 7. The van der Waals surface area contributed by atoms with E-state index in [1.54, 1.807) is 6.07 Å². The van der Waals surface area contributed by atoms with Gasteiger partial charge in [-0.2, -0.15) is 20.0 Å². The summed E-state index contributed by atoms with van der Waals surface area (Å²) < 4.78 is 1.49. The van der Waals surface area contributed by atoms with Gasteiger partial charge in [-0.05, 0) is 75.2 Å². The number of fused-ring (bicyclic) bond motifs is 1. The smallest absolute Gasteiger partial charge is 0.247 e. The van der Waals surface area contributed by atoms with Crippen LogP contribution in [0.1, 0.15) is 67.7 Å². The summed E-state index contributed by atoms with van der Waals surface area (Å²) in [4.78, 5) is 11.6. The molecule has 3 aliphatic rings. The highest BCUT2D eigenvalue weighted by Crippen LogP contribution is 2.40. The first-order chi connectivity index (χ1) is 17.1. The number of likely N-dealkylation sites (tertiary alicyclic amines) is 1. The third-order valence-corrected chi connectivity index (χ3v) is 7.85. The molecule has 1 aliphatic heterocycles. The van der Waals surface area contributed by atoms with E-state index in [0.29, 0.717) is 45.4 Å². The Morgan fingerprint density at radius 3 is 2.49 bits per heavy atom. The summed E-state index contributed by atoms with van der Waals surface area (Å²) in [6.45, 7) is 2.14. The fourth-order valence-electron chi connectivity index (χ4n) is 5.08. The van der Waals surface area contributed by atoms with Crippen LogP contribution in [0, 0.1) is 22.7 Å². The second-order valence-electron chi connectivity index (χ2n) is 9.75. The van der Waals surface area contributed by atoms with Gasteiger partial charge in [-0.15, -0.1) is 5.10 Å². The number of nitriles is 2. The fraction of sp³-hybridized carbons (Fsp3) is 0.480. The summed E-state index contributed by atoms with van der Waals surface area (Å²) in [5.74, 6) is 1.17. The molecule has 0 bridgehead atoms. The average molecular weight is 488 g/mol. The van der Waals surface area contributed by atoms with Gasteiger partial charge in [0.05, 0.1) is 28.5 Å². The number of imidazole rings is 1. The zero-order valence-corrected chi connectivity index (χ0v) is 20.1. The molecular weight excluding hydrogens is 462 g/mol. The van der Waals surface area contributed by atoms with Crippen LogP contribution < -0.4 is 10.6 Å². The van der Waals surface area contributed by atoms with Crippen molar-refractivity contribution < 1.29 is 0 Å². The Balaban J connectivity index is 1.31. The van der Waals surface area contributed by atoms with Crippen LogP contribution in [0.15, 0.2) is 18.3 Å². The van der Waals surface area contributed by atoms with Crippen molar-refractivity contribution in [2.75, 3.05) is 23.7 Å². The Hall–Kier alpha value is -3.40. The van der Waals surface area contributed by atoms with Gasteiger partial charge in [-0.25, -0.2) is 4.98 Å². The lowest BCUT2D eigenvalue weighted by Gasteiger charge is -2.42. The molecule has 35 heavy (non-hydrogen) atoms. The van der Waals surface area contributed by atoms with Crippen molar-refractivity contribution in [1.82, 2.24) is 24.5 Å². The van der Waals surface area contributed by atoms with Crippen molar-refractivity contribution in [2.24, 2.45) is 0 Å². The van der Waals surface area contributed by atoms with Gasteiger partial charge in [0.2, 0.25) is 5.95 Å². The highest BCUT2D eigenvalue weighted by atomic mass is 35.5. The summed E-state index contributed by atoms with van der Waals surface area (Å²) in [5, 5.41) is 30.9. The topological polar surface area (TPSA) is 118 Å². The van der Waals surface area contributed by atoms with Crippen molar-refractivity contribution in [3.8, 4) is 12.1 Å². The van der Waals surface area contributed by atoms with Gasteiger partial charge >= 0.3 is 0 Å². The molecule has 6 rings (SSSR count). The maximum Gasteiger partial charge on any atom is 0.247 e. The first kappa shape index (κ1) is 22.1. The quantitative estimate of drug-likeness (QED) is 0.519. The number of hydrogen-bond donors (Lipinski definition) is 2. The molecule has 9 nitrogen and oxygen atoms in total. The van der Waals surface area contributed by atoms with E-state index >= 15 is 0 Å². The van der Waals surface area contributed by atoms with E-state index in [0.717, 1.165) is 50.4 Å².